The quantitative estimate of drug-likeness (QED) is 0.730. The molecular weight excluding hydrogens is 236 g/mol. The van der Waals surface area contributed by atoms with Gasteiger partial charge in [-0.05, 0) is 26.3 Å². The van der Waals surface area contributed by atoms with Gasteiger partial charge in [0.2, 0.25) is 5.91 Å². The first-order valence-electron chi connectivity index (χ1n) is 6.14. The van der Waals surface area contributed by atoms with Crippen molar-refractivity contribution in [3.05, 3.63) is 0 Å². The van der Waals surface area contributed by atoms with E-state index in [4.69, 9.17) is 9.84 Å². The lowest BCUT2D eigenvalue weighted by Gasteiger charge is -2.40. The molecule has 0 spiro atoms. The number of nitrogens with zero attached hydrogens (tertiary/aromatic N) is 1. The Morgan fingerprint density at radius 1 is 1.56 bits per heavy atom. The molecule has 2 unspecified atom stereocenters. The summed E-state index contributed by atoms with van der Waals surface area (Å²) in [5.74, 6) is -1.33. The van der Waals surface area contributed by atoms with Gasteiger partial charge in [-0.2, -0.15) is 0 Å². The number of likely N-dealkylation sites (tertiary alicyclic amines) is 1. The standard InChI is InChI=1S/C12H22N2O4/c1-9(15)13-10(11(16)17)7-14-6-4-5-12(2,8-14)18-3/h10H,4-8H2,1-3H3,(H,13,15)(H,16,17). The summed E-state index contributed by atoms with van der Waals surface area (Å²) < 4.78 is 5.46. The van der Waals surface area contributed by atoms with Crippen LogP contribution in [0.4, 0.5) is 0 Å². The van der Waals surface area contributed by atoms with Crippen LogP contribution in [0, 0.1) is 0 Å². The summed E-state index contributed by atoms with van der Waals surface area (Å²) in [6, 6.07) is -0.860. The van der Waals surface area contributed by atoms with Crippen molar-refractivity contribution in [1.29, 1.82) is 0 Å². The van der Waals surface area contributed by atoms with Crippen LogP contribution >= 0.6 is 0 Å². The van der Waals surface area contributed by atoms with Crippen LogP contribution in [-0.2, 0) is 14.3 Å². The number of amides is 1. The largest absolute Gasteiger partial charge is 0.480 e. The Hall–Kier alpha value is -1.14. The summed E-state index contributed by atoms with van der Waals surface area (Å²) in [4.78, 5) is 24.1. The van der Waals surface area contributed by atoms with E-state index in [1.54, 1.807) is 7.11 Å². The van der Waals surface area contributed by atoms with E-state index in [1.807, 2.05) is 11.8 Å². The fourth-order valence-corrected chi connectivity index (χ4v) is 2.32. The number of methoxy groups -OCH3 is 1. The first kappa shape index (κ1) is 14.9. The van der Waals surface area contributed by atoms with Crippen molar-refractivity contribution in [2.45, 2.75) is 38.3 Å². The number of carboxylic acids is 1. The molecule has 6 nitrogen and oxygen atoms in total. The summed E-state index contributed by atoms with van der Waals surface area (Å²) in [7, 11) is 1.67. The highest BCUT2D eigenvalue weighted by Gasteiger charge is 2.33. The number of rotatable bonds is 5. The summed E-state index contributed by atoms with van der Waals surface area (Å²) in [6.45, 7) is 5.18. The highest BCUT2D eigenvalue weighted by molar-refractivity contribution is 5.82. The Kier molecular flexibility index (Phi) is 5.10. The molecule has 1 amide bonds. The molecule has 0 aromatic heterocycles. The molecule has 2 N–H and O–H groups in total. The molecule has 1 fully saturated rings. The zero-order chi connectivity index (χ0) is 13.8. The van der Waals surface area contributed by atoms with E-state index >= 15 is 0 Å². The molecule has 2 atom stereocenters. The lowest BCUT2D eigenvalue weighted by Crippen LogP contribution is -2.54. The van der Waals surface area contributed by atoms with E-state index in [1.165, 1.54) is 6.92 Å². The third-order valence-electron chi connectivity index (χ3n) is 3.35. The number of carboxylic acid groups (broad SMARTS) is 1. The number of piperidine rings is 1. The number of carbonyl (C=O) groups is 2. The maximum Gasteiger partial charge on any atom is 0.327 e. The third kappa shape index (κ3) is 4.27. The van der Waals surface area contributed by atoms with E-state index in [-0.39, 0.29) is 11.5 Å². The normalized spacial score (nSPS) is 26.6. The van der Waals surface area contributed by atoms with Crippen molar-refractivity contribution < 1.29 is 19.4 Å². The summed E-state index contributed by atoms with van der Waals surface area (Å²) >= 11 is 0. The van der Waals surface area contributed by atoms with Gasteiger partial charge in [0.1, 0.15) is 6.04 Å². The van der Waals surface area contributed by atoms with Crippen LogP contribution in [0.1, 0.15) is 26.7 Å². The SMILES string of the molecule is COC1(C)CCCN(CC(NC(C)=O)C(=O)O)C1. The molecule has 6 heteroatoms. The number of carbonyl (C=O) groups excluding carboxylic acids is 1. The van der Waals surface area contributed by atoms with E-state index in [0.717, 1.165) is 19.4 Å². The Morgan fingerprint density at radius 3 is 2.72 bits per heavy atom. The monoisotopic (exact) mass is 258 g/mol. The first-order chi connectivity index (χ1) is 8.36. The van der Waals surface area contributed by atoms with Crippen LogP contribution in [0.25, 0.3) is 0 Å². The van der Waals surface area contributed by atoms with Crippen molar-refractivity contribution in [3.8, 4) is 0 Å². The topological polar surface area (TPSA) is 78.9 Å². The minimum Gasteiger partial charge on any atom is -0.480 e. The number of nitrogens with one attached hydrogen (secondary N) is 1. The molecule has 1 aliphatic heterocycles. The van der Waals surface area contributed by atoms with Crippen molar-refractivity contribution >= 4 is 11.9 Å². The van der Waals surface area contributed by atoms with Gasteiger partial charge in [-0.1, -0.05) is 0 Å². The van der Waals surface area contributed by atoms with E-state index in [2.05, 4.69) is 5.32 Å². The maximum atomic E-state index is 11.1. The number of hydrogen-bond acceptors (Lipinski definition) is 4. The predicted molar refractivity (Wildman–Crippen MR) is 66.3 cm³/mol. The van der Waals surface area contributed by atoms with Gasteiger partial charge in [0.25, 0.3) is 0 Å². The fraction of sp³-hybridized carbons (Fsp3) is 0.833. The van der Waals surface area contributed by atoms with Crippen LogP contribution in [-0.4, -0.2) is 60.3 Å². The zero-order valence-corrected chi connectivity index (χ0v) is 11.2. The smallest absolute Gasteiger partial charge is 0.327 e. The van der Waals surface area contributed by atoms with Gasteiger partial charge in [-0.3, -0.25) is 9.69 Å². The van der Waals surface area contributed by atoms with Gasteiger partial charge in [-0.15, -0.1) is 0 Å². The maximum absolute atomic E-state index is 11.1. The van der Waals surface area contributed by atoms with E-state index in [0.29, 0.717) is 13.1 Å². The molecule has 0 saturated carbocycles. The molecule has 1 aliphatic rings. The van der Waals surface area contributed by atoms with E-state index in [9.17, 15) is 9.59 Å². The second-order valence-electron chi connectivity index (χ2n) is 5.08. The average Bonchev–Trinajstić information content (AvgIpc) is 2.27. The van der Waals surface area contributed by atoms with Gasteiger partial charge >= 0.3 is 5.97 Å². The van der Waals surface area contributed by atoms with Crippen molar-refractivity contribution in [2.75, 3.05) is 26.7 Å². The molecule has 1 heterocycles. The zero-order valence-electron chi connectivity index (χ0n) is 11.2. The summed E-state index contributed by atoms with van der Waals surface area (Å²) in [5.41, 5.74) is -0.225. The van der Waals surface area contributed by atoms with Crippen LogP contribution in [0.5, 0.6) is 0 Å². The Morgan fingerprint density at radius 2 is 2.22 bits per heavy atom. The van der Waals surface area contributed by atoms with Gasteiger partial charge in [0.05, 0.1) is 5.60 Å². The van der Waals surface area contributed by atoms with Crippen LogP contribution in [0.3, 0.4) is 0 Å². The fourth-order valence-electron chi connectivity index (χ4n) is 2.32. The second kappa shape index (κ2) is 6.15. The molecule has 1 saturated heterocycles. The van der Waals surface area contributed by atoms with Gasteiger partial charge in [0.15, 0.2) is 0 Å². The van der Waals surface area contributed by atoms with Crippen LogP contribution in [0.2, 0.25) is 0 Å². The number of aliphatic carboxylic acids is 1. The molecule has 1 rings (SSSR count). The Bertz CT molecular complexity index is 321. The van der Waals surface area contributed by atoms with Crippen LogP contribution < -0.4 is 5.32 Å². The van der Waals surface area contributed by atoms with Crippen molar-refractivity contribution in [2.24, 2.45) is 0 Å². The molecule has 0 radical (unpaired) electrons. The van der Waals surface area contributed by atoms with Crippen molar-refractivity contribution in [1.82, 2.24) is 10.2 Å². The average molecular weight is 258 g/mol. The molecule has 0 aromatic rings. The summed E-state index contributed by atoms with van der Waals surface area (Å²) in [6.07, 6.45) is 1.94. The minimum absolute atomic E-state index is 0.225. The van der Waals surface area contributed by atoms with E-state index < -0.39 is 12.0 Å². The van der Waals surface area contributed by atoms with Gasteiger partial charge in [-0.25, -0.2) is 4.79 Å². The molecule has 0 bridgehead atoms. The second-order valence-corrected chi connectivity index (χ2v) is 5.08. The highest BCUT2D eigenvalue weighted by atomic mass is 16.5. The lowest BCUT2D eigenvalue weighted by atomic mass is 9.94. The number of ether oxygens (including phenoxy) is 1. The van der Waals surface area contributed by atoms with Gasteiger partial charge < -0.3 is 15.2 Å². The third-order valence-corrected chi connectivity index (χ3v) is 3.35. The molecule has 0 aromatic carbocycles. The lowest BCUT2D eigenvalue weighted by molar-refractivity contribution is -0.142. The Balaban J connectivity index is 2.58. The molecular formula is C12H22N2O4. The molecule has 104 valence electrons. The highest BCUT2D eigenvalue weighted by Crippen LogP contribution is 2.23. The van der Waals surface area contributed by atoms with Crippen LogP contribution in [0.15, 0.2) is 0 Å². The Labute approximate surface area is 107 Å². The van der Waals surface area contributed by atoms with Crippen molar-refractivity contribution in [3.63, 3.8) is 0 Å². The van der Waals surface area contributed by atoms with Gasteiger partial charge in [0, 0.05) is 27.1 Å². The molecule has 0 aliphatic carbocycles. The molecule has 18 heavy (non-hydrogen) atoms. The first-order valence-corrected chi connectivity index (χ1v) is 6.14. The number of hydrogen-bond donors (Lipinski definition) is 2. The predicted octanol–water partition coefficient (Wildman–Crippen LogP) is 0.0766. The minimum atomic E-state index is -1.00. The summed E-state index contributed by atoms with van der Waals surface area (Å²) in [5, 5.41) is 11.5.